The number of esters is 1. The third-order valence-electron chi connectivity index (χ3n) is 4.87. The molecule has 1 aromatic carbocycles. The fraction of sp³-hybridized carbons (Fsp3) is 0.545. The van der Waals surface area contributed by atoms with Crippen molar-refractivity contribution in [2.45, 2.75) is 64.2 Å². The molecule has 3 rings (SSSR count). The van der Waals surface area contributed by atoms with Crippen LogP contribution in [0, 0.1) is 5.92 Å². The lowest BCUT2D eigenvalue weighted by Crippen LogP contribution is -2.44. The largest absolute Gasteiger partial charge is 0.465 e. The minimum atomic E-state index is -1.01. The lowest BCUT2D eigenvalue weighted by Gasteiger charge is -2.27. The van der Waals surface area contributed by atoms with Gasteiger partial charge in [-0.3, -0.25) is 9.59 Å². The minimum absolute atomic E-state index is 0.158. The second-order valence-corrected chi connectivity index (χ2v) is 7.52. The first kappa shape index (κ1) is 21.6. The van der Waals surface area contributed by atoms with Crippen LogP contribution < -0.4 is 0 Å². The third kappa shape index (κ3) is 4.93. The zero-order chi connectivity index (χ0) is 21.0. The second-order valence-electron chi connectivity index (χ2n) is 7.52. The summed E-state index contributed by atoms with van der Waals surface area (Å²) in [6, 6.07) is 9.60. The Balaban J connectivity index is 1.80. The van der Waals surface area contributed by atoms with Crippen LogP contribution in [0.3, 0.4) is 0 Å². The Morgan fingerprint density at radius 2 is 1.97 bits per heavy atom. The van der Waals surface area contributed by atoms with Gasteiger partial charge in [0.15, 0.2) is 17.9 Å². The summed E-state index contributed by atoms with van der Waals surface area (Å²) in [6.07, 6.45) is -1.35. The van der Waals surface area contributed by atoms with Gasteiger partial charge in [-0.1, -0.05) is 36.4 Å². The summed E-state index contributed by atoms with van der Waals surface area (Å²) >= 11 is 0. The molecule has 158 valence electrons. The second kappa shape index (κ2) is 9.17. The van der Waals surface area contributed by atoms with Crippen LogP contribution in [-0.2, 0) is 39.9 Å². The van der Waals surface area contributed by atoms with E-state index < -0.39 is 48.1 Å². The van der Waals surface area contributed by atoms with E-state index in [1.807, 2.05) is 30.3 Å². The first-order chi connectivity index (χ1) is 13.9. The zero-order valence-corrected chi connectivity index (χ0v) is 17.0. The number of ketones is 1. The summed E-state index contributed by atoms with van der Waals surface area (Å²) < 4.78 is 28.7. The van der Waals surface area contributed by atoms with Gasteiger partial charge in [0.1, 0.15) is 24.2 Å². The van der Waals surface area contributed by atoms with E-state index in [1.54, 1.807) is 20.8 Å². The molecule has 0 aromatic heterocycles. The van der Waals surface area contributed by atoms with Gasteiger partial charge in [0, 0.05) is 0 Å². The number of rotatable bonds is 9. The van der Waals surface area contributed by atoms with Crippen molar-refractivity contribution in [1.29, 1.82) is 0 Å². The quantitative estimate of drug-likeness (QED) is 0.356. The maximum absolute atomic E-state index is 13.2. The summed E-state index contributed by atoms with van der Waals surface area (Å²) in [5, 5.41) is 0. The van der Waals surface area contributed by atoms with Gasteiger partial charge in [-0.15, -0.1) is 6.58 Å². The highest BCUT2D eigenvalue weighted by Gasteiger charge is 2.58. The Labute approximate surface area is 170 Å². The van der Waals surface area contributed by atoms with Crippen molar-refractivity contribution in [2.24, 2.45) is 5.92 Å². The minimum Gasteiger partial charge on any atom is -0.465 e. The molecule has 0 N–H and O–H groups in total. The molecule has 7 nitrogen and oxygen atoms in total. The highest BCUT2D eigenvalue weighted by atomic mass is 16.8. The van der Waals surface area contributed by atoms with E-state index in [-0.39, 0.29) is 19.6 Å². The fourth-order valence-electron chi connectivity index (χ4n) is 3.59. The Kier molecular flexibility index (Phi) is 6.85. The molecule has 5 atom stereocenters. The van der Waals surface area contributed by atoms with Crippen LogP contribution >= 0.6 is 0 Å². The van der Waals surface area contributed by atoms with Crippen molar-refractivity contribution >= 4 is 11.8 Å². The predicted octanol–water partition coefficient (Wildman–Crippen LogP) is 2.77. The first-order valence-electron chi connectivity index (χ1n) is 9.84. The highest BCUT2D eigenvalue weighted by molar-refractivity contribution is 6.02. The number of ether oxygens (including phenoxy) is 5. The maximum atomic E-state index is 13.2. The van der Waals surface area contributed by atoms with Gasteiger partial charge in [-0.25, -0.2) is 0 Å². The average Bonchev–Trinajstić information content (AvgIpc) is 3.16. The van der Waals surface area contributed by atoms with Gasteiger partial charge in [0.25, 0.3) is 0 Å². The summed E-state index contributed by atoms with van der Waals surface area (Å²) in [7, 11) is 0. The molecule has 2 saturated heterocycles. The van der Waals surface area contributed by atoms with Gasteiger partial charge in [0.05, 0.1) is 13.2 Å². The average molecular weight is 404 g/mol. The number of hydrogen-bond donors (Lipinski definition) is 0. The Hall–Kier alpha value is -2.06. The molecule has 2 aliphatic heterocycles. The van der Waals surface area contributed by atoms with E-state index in [0.717, 1.165) is 5.56 Å². The molecule has 0 radical (unpaired) electrons. The van der Waals surface area contributed by atoms with E-state index >= 15 is 0 Å². The van der Waals surface area contributed by atoms with Crippen LogP contribution in [0.15, 0.2) is 43.0 Å². The number of benzene rings is 1. The molecule has 0 spiro atoms. The molecular formula is C22H28O7. The molecule has 0 amide bonds. The van der Waals surface area contributed by atoms with Crippen molar-refractivity contribution in [3.8, 4) is 0 Å². The summed E-state index contributed by atoms with van der Waals surface area (Å²) in [4.78, 5) is 25.5. The van der Waals surface area contributed by atoms with Crippen molar-refractivity contribution in [3.63, 3.8) is 0 Å². The molecule has 0 saturated carbocycles. The number of hydrogen-bond acceptors (Lipinski definition) is 7. The summed E-state index contributed by atoms with van der Waals surface area (Å²) in [6.45, 7) is 9.35. The van der Waals surface area contributed by atoms with E-state index in [2.05, 4.69) is 6.58 Å². The van der Waals surface area contributed by atoms with Crippen molar-refractivity contribution in [3.05, 3.63) is 48.6 Å². The van der Waals surface area contributed by atoms with E-state index in [1.165, 1.54) is 6.08 Å². The Bertz CT molecular complexity index is 730. The van der Waals surface area contributed by atoms with Crippen LogP contribution in [0.25, 0.3) is 0 Å². The Morgan fingerprint density at radius 1 is 1.24 bits per heavy atom. The lowest BCUT2D eigenvalue weighted by molar-refractivity contribution is -0.219. The number of fused-ring (bicyclic) bond motifs is 1. The highest BCUT2D eigenvalue weighted by Crippen LogP contribution is 2.40. The monoisotopic (exact) mass is 404 g/mol. The fourth-order valence-corrected chi connectivity index (χ4v) is 3.59. The van der Waals surface area contributed by atoms with Crippen LogP contribution in [0.1, 0.15) is 32.8 Å². The molecule has 2 heterocycles. The van der Waals surface area contributed by atoms with Crippen LogP contribution in [0.4, 0.5) is 0 Å². The van der Waals surface area contributed by atoms with Crippen LogP contribution in [0.5, 0.6) is 0 Å². The smallest absolute Gasteiger partial charge is 0.316 e. The molecule has 2 aliphatic rings. The Morgan fingerprint density at radius 3 is 2.62 bits per heavy atom. The predicted molar refractivity (Wildman–Crippen MR) is 104 cm³/mol. The SMILES string of the molecule is C=CCC(C(=O)OCC)C(=O)[C@H]1O[C@@H]2OC(C)(C)O[C@@H]2[C@H]1OCc1ccccc1. The summed E-state index contributed by atoms with van der Waals surface area (Å²) in [5.41, 5.74) is 0.952. The lowest BCUT2D eigenvalue weighted by atomic mass is 9.93. The molecule has 1 unspecified atom stereocenters. The molecule has 29 heavy (non-hydrogen) atoms. The van der Waals surface area contributed by atoms with Gasteiger partial charge in [-0.05, 0) is 32.8 Å². The van der Waals surface area contributed by atoms with Gasteiger partial charge >= 0.3 is 5.97 Å². The summed E-state index contributed by atoms with van der Waals surface area (Å²) in [5.74, 6) is -2.87. The van der Waals surface area contributed by atoms with E-state index in [9.17, 15) is 9.59 Å². The number of carbonyl (C=O) groups is 2. The first-order valence-corrected chi connectivity index (χ1v) is 9.84. The number of carbonyl (C=O) groups excluding carboxylic acids is 2. The van der Waals surface area contributed by atoms with Crippen LogP contribution in [0.2, 0.25) is 0 Å². The molecule has 0 aliphatic carbocycles. The molecular weight excluding hydrogens is 376 g/mol. The van der Waals surface area contributed by atoms with Crippen molar-refractivity contribution in [2.75, 3.05) is 6.61 Å². The standard InChI is InChI=1S/C22H28O7/c1-5-10-15(20(24)25-6-2)16(23)17-18(26-13-14-11-8-7-9-12-14)19-21(27-17)29-22(3,4)28-19/h5,7-9,11-12,15,17-19,21H,1,6,10,13H2,2-4H3/t15?,17-,18+,19-,21-/m1/s1. The molecule has 2 fully saturated rings. The normalized spacial score (nSPS) is 28.5. The number of Topliss-reactive ketones (excluding diaryl/α,β-unsaturated/α-hetero) is 1. The van der Waals surface area contributed by atoms with Crippen LogP contribution in [-0.4, -0.2) is 48.7 Å². The van der Waals surface area contributed by atoms with E-state index in [4.69, 9.17) is 23.7 Å². The van der Waals surface area contributed by atoms with Crippen molar-refractivity contribution in [1.82, 2.24) is 0 Å². The molecule has 7 heteroatoms. The topological polar surface area (TPSA) is 80.3 Å². The van der Waals surface area contributed by atoms with E-state index in [0.29, 0.717) is 0 Å². The molecule has 1 aromatic rings. The van der Waals surface area contributed by atoms with Gasteiger partial charge < -0.3 is 23.7 Å². The number of allylic oxidation sites excluding steroid dienone is 1. The van der Waals surface area contributed by atoms with Crippen molar-refractivity contribution < 1.29 is 33.3 Å². The van der Waals surface area contributed by atoms with Gasteiger partial charge in [-0.2, -0.15) is 0 Å². The zero-order valence-electron chi connectivity index (χ0n) is 17.0. The molecule has 0 bridgehead atoms. The third-order valence-corrected chi connectivity index (χ3v) is 4.87. The maximum Gasteiger partial charge on any atom is 0.316 e. The van der Waals surface area contributed by atoms with Gasteiger partial charge in [0.2, 0.25) is 0 Å².